The number of nitrogens with zero attached hydrogens (tertiary/aromatic N) is 1. The SMILES string of the molecule is C=C/C(C)=C(\C(=C)C)N(C)C(=C)C. The van der Waals surface area contributed by atoms with Gasteiger partial charge in [0.05, 0.1) is 0 Å². The van der Waals surface area contributed by atoms with Gasteiger partial charge in [0.1, 0.15) is 0 Å². The minimum Gasteiger partial charge on any atom is -0.349 e. The third-order valence-electron chi connectivity index (χ3n) is 1.99. The largest absolute Gasteiger partial charge is 0.349 e. The summed E-state index contributed by atoms with van der Waals surface area (Å²) in [5.41, 5.74) is 4.25. The van der Waals surface area contributed by atoms with Gasteiger partial charge in [-0.2, -0.15) is 0 Å². The van der Waals surface area contributed by atoms with Gasteiger partial charge in [-0.3, -0.25) is 0 Å². The summed E-state index contributed by atoms with van der Waals surface area (Å²) in [7, 11) is 1.99. The maximum Gasteiger partial charge on any atom is 0.0458 e. The van der Waals surface area contributed by atoms with Crippen LogP contribution in [0.5, 0.6) is 0 Å². The molecule has 0 aromatic carbocycles. The van der Waals surface area contributed by atoms with E-state index in [1.54, 1.807) is 0 Å². The van der Waals surface area contributed by atoms with Gasteiger partial charge in [-0.15, -0.1) is 0 Å². The van der Waals surface area contributed by atoms with Crippen molar-refractivity contribution in [3.05, 3.63) is 48.4 Å². The number of hydrogen-bond donors (Lipinski definition) is 0. The highest BCUT2D eigenvalue weighted by Crippen LogP contribution is 2.20. The maximum absolute atomic E-state index is 3.94. The topological polar surface area (TPSA) is 3.24 Å². The molecule has 1 nitrogen and oxygen atoms in total. The molecule has 0 atom stereocenters. The molecule has 0 unspecified atom stereocenters. The molecule has 1 heteroatoms. The standard InChI is InChI=1S/C12H19N/c1-8-11(6)12(9(2)3)13(7)10(4)5/h8H,1-2,4H2,3,5-7H3/b12-11+. The lowest BCUT2D eigenvalue weighted by Gasteiger charge is -2.24. The second kappa shape index (κ2) is 4.70. The van der Waals surface area contributed by atoms with Crippen molar-refractivity contribution in [2.24, 2.45) is 0 Å². The molecule has 0 saturated carbocycles. The summed E-state index contributed by atoms with van der Waals surface area (Å²) in [5, 5.41) is 0. The van der Waals surface area contributed by atoms with Gasteiger partial charge < -0.3 is 4.90 Å². The van der Waals surface area contributed by atoms with E-state index < -0.39 is 0 Å². The first-order valence-corrected chi connectivity index (χ1v) is 4.30. The monoisotopic (exact) mass is 177 g/mol. The summed E-state index contributed by atoms with van der Waals surface area (Å²) in [6.45, 7) is 17.6. The predicted octanol–water partition coefficient (Wildman–Crippen LogP) is 3.49. The van der Waals surface area contributed by atoms with Gasteiger partial charge in [-0.05, 0) is 31.9 Å². The number of rotatable bonds is 4. The van der Waals surface area contributed by atoms with Gasteiger partial charge in [0.15, 0.2) is 0 Å². The van der Waals surface area contributed by atoms with E-state index >= 15 is 0 Å². The molecule has 0 aromatic rings. The molecule has 0 aliphatic rings. The molecular weight excluding hydrogens is 158 g/mol. The van der Waals surface area contributed by atoms with Crippen molar-refractivity contribution in [2.75, 3.05) is 7.05 Å². The van der Waals surface area contributed by atoms with Crippen molar-refractivity contribution in [2.45, 2.75) is 20.8 Å². The zero-order valence-electron chi connectivity index (χ0n) is 9.15. The third kappa shape index (κ3) is 2.94. The molecule has 72 valence electrons. The zero-order valence-corrected chi connectivity index (χ0v) is 9.15. The van der Waals surface area contributed by atoms with Crippen LogP contribution >= 0.6 is 0 Å². The molecule has 0 aromatic heterocycles. The number of hydrogen-bond acceptors (Lipinski definition) is 1. The predicted molar refractivity (Wildman–Crippen MR) is 60.3 cm³/mol. The quantitative estimate of drug-likeness (QED) is 0.594. The Kier molecular flexibility index (Phi) is 4.26. The van der Waals surface area contributed by atoms with Gasteiger partial charge in [0, 0.05) is 18.4 Å². The highest BCUT2D eigenvalue weighted by Gasteiger charge is 2.07. The normalized spacial score (nSPS) is 11.7. The van der Waals surface area contributed by atoms with Crippen molar-refractivity contribution in [3.63, 3.8) is 0 Å². The summed E-state index contributed by atoms with van der Waals surface area (Å²) in [6.07, 6.45) is 1.84. The molecule has 0 aliphatic carbocycles. The molecule has 13 heavy (non-hydrogen) atoms. The second-order valence-corrected chi connectivity index (χ2v) is 3.31. The van der Waals surface area contributed by atoms with Crippen molar-refractivity contribution in [3.8, 4) is 0 Å². The molecule has 0 spiro atoms. The van der Waals surface area contributed by atoms with E-state index in [0.717, 1.165) is 22.5 Å². The van der Waals surface area contributed by atoms with E-state index in [-0.39, 0.29) is 0 Å². The molecule has 0 amide bonds. The van der Waals surface area contributed by atoms with Crippen LogP contribution in [0.3, 0.4) is 0 Å². The van der Waals surface area contributed by atoms with Crippen molar-refractivity contribution in [1.29, 1.82) is 0 Å². The molecule has 0 radical (unpaired) electrons. The molecule has 0 fully saturated rings. The van der Waals surface area contributed by atoms with E-state index in [9.17, 15) is 0 Å². The summed E-state index contributed by atoms with van der Waals surface area (Å²) >= 11 is 0. The van der Waals surface area contributed by atoms with Gasteiger partial charge in [0.25, 0.3) is 0 Å². The van der Waals surface area contributed by atoms with Crippen LogP contribution in [0.2, 0.25) is 0 Å². The fourth-order valence-electron chi connectivity index (χ4n) is 1.17. The van der Waals surface area contributed by atoms with Crippen LogP contribution in [0.4, 0.5) is 0 Å². The average Bonchev–Trinajstić information content (AvgIpc) is 2.03. The van der Waals surface area contributed by atoms with Gasteiger partial charge >= 0.3 is 0 Å². The molecule has 0 aliphatic heterocycles. The molecular formula is C12H19N. The van der Waals surface area contributed by atoms with Crippen LogP contribution in [0, 0.1) is 0 Å². The Morgan fingerprint density at radius 3 is 1.85 bits per heavy atom. The van der Waals surface area contributed by atoms with Crippen LogP contribution in [-0.2, 0) is 0 Å². The van der Waals surface area contributed by atoms with E-state index in [2.05, 4.69) is 19.7 Å². The van der Waals surface area contributed by atoms with E-state index in [1.165, 1.54) is 0 Å². The second-order valence-electron chi connectivity index (χ2n) is 3.31. The maximum atomic E-state index is 3.94. The van der Waals surface area contributed by atoms with Crippen LogP contribution in [0.1, 0.15) is 20.8 Å². The minimum absolute atomic E-state index is 0.999. The summed E-state index contributed by atoms with van der Waals surface area (Å²) in [4.78, 5) is 2.03. The lowest BCUT2D eigenvalue weighted by atomic mass is 10.1. The van der Waals surface area contributed by atoms with Gasteiger partial charge in [-0.1, -0.05) is 25.8 Å². The van der Waals surface area contributed by atoms with Crippen LogP contribution in [0.15, 0.2) is 48.4 Å². The van der Waals surface area contributed by atoms with Crippen molar-refractivity contribution < 1.29 is 0 Å². The average molecular weight is 177 g/mol. The first-order valence-electron chi connectivity index (χ1n) is 4.30. The summed E-state index contributed by atoms with van der Waals surface area (Å²) in [6, 6.07) is 0. The fraction of sp³-hybridized carbons (Fsp3) is 0.333. The Morgan fingerprint density at radius 2 is 1.62 bits per heavy atom. The first-order chi connectivity index (χ1) is 5.91. The highest BCUT2D eigenvalue weighted by atomic mass is 15.1. The van der Waals surface area contributed by atoms with E-state index in [0.29, 0.717) is 0 Å². The molecule has 0 heterocycles. The van der Waals surface area contributed by atoms with Crippen LogP contribution in [-0.4, -0.2) is 11.9 Å². The zero-order chi connectivity index (χ0) is 10.6. The molecule has 0 saturated heterocycles. The smallest absolute Gasteiger partial charge is 0.0458 e. The summed E-state index contributed by atoms with van der Waals surface area (Å²) in [5.74, 6) is 0. The van der Waals surface area contributed by atoms with Gasteiger partial charge in [0.2, 0.25) is 0 Å². The Balaban J connectivity index is 5.16. The van der Waals surface area contributed by atoms with Crippen LogP contribution < -0.4 is 0 Å². The first kappa shape index (κ1) is 11.8. The third-order valence-corrected chi connectivity index (χ3v) is 1.99. The lowest BCUT2D eigenvalue weighted by molar-refractivity contribution is 0.527. The highest BCUT2D eigenvalue weighted by molar-refractivity contribution is 5.36. The minimum atomic E-state index is 0.999. The Morgan fingerprint density at radius 1 is 1.15 bits per heavy atom. The Bertz CT molecular complexity index is 269. The van der Waals surface area contributed by atoms with Gasteiger partial charge in [-0.25, -0.2) is 0 Å². The van der Waals surface area contributed by atoms with Crippen molar-refractivity contribution in [1.82, 2.24) is 4.90 Å². The number of allylic oxidation sites excluding steroid dienone is 4. The molecule has 0 N–H and O–H groups in total. The molecule has 0 bridgehead atoms. The molecule has 0 rings (SSSR count). The lowest BCUT2D eigenvalue weighted by Crippen LogP contribution is -2.16. The van der Waals surface area contributed by atoms with Crippen molar-refractivity contribution >= 4 is 0 Å². The fourth-order valence-corrected chi connectivity index (χ4v) is 1.17. The number of likely N-dealkylation sites (N-methyl/N-ethyl adjacent to an activating group) is 1. The Labute approximate surface area is 81.8 Å². The van der Waals surface area contributed by atoms with Crippen LogP contribution in [0.25, 0.3) is 0 Å². The Hall–Kier alpha value is -1.24. The van der Waals surface area contributed by atoms with E-state index in [1.807, 2.05) is 38.8 Å². The summed E-state index contributed by atoms with van der Waals surface area (Å²) < 4.78 is 0. The van der Waals surface area contributed by atoms with E-state index in [4.69, 9.17) is 0 Å².